The number of fused-ring (bicyclic) bond motifs is 2. The van der Waals surface area contributed by atoms with Crippen molar-refractivity contribution in [1.82, 2.24) is 9.88 Å². The number of benzene rings is 1. The lowest BCUT2D eigenvalue weighted by Crippen LogP contribution is -2.82. The SMILES string of the molecule is CCN1C[C@]2(OC(=O)c3ccccc3NC(=O)/C(C)=C/c3ccncc3)CC[C@H](OC)[C@]34C1[C@@H](C[C@H]23)[C@@]1(O)C[C@H](OC)C2[C@H]3C[C@@H]4[C@]1(O)[C@@H]23. The van der Waals surface area contributed by atoms with E-state index < -0.39 is 28.2 Å². The third-order valence-corrected chi connectivity index (χ3v) is 14.6. The van der Waals surface area contributed by atoms with Crippen molar-refractivity contribution in [3.8, 4) is 0 Å². The van der Waals surface area contributed by atoms with Gasteiger partial charge in [-0.3, -0.25) is 14.7 Å². The Bertz CT molecular complexity index is 1740. The van der Waals surface area contributed by atoms with Gasteiger partial charge >= 0.3 is 5.97 Å². The summed E-state index contributed by atoms with van der Waals surface area (Å²) in [6, 6.07) is 10.7. The molecule has 13 atom stereocenters. The summed E-state index contributed by atoms with van der Waals surface area (Å²) in [7, 11) is 3.52. The van der Waals surface area contributed by atoms with Crippen LogP contribution in [0.3, 0.4) is 0 Å². The van der Waals surface area contributed by atoms with Gasteiger partial charge in [-0.1, -0.05) is 19.1 Å². The van der Waals surface area contributed by atoms with E-state index in [4.69, 9.17) is 14.2 Å². The van der Waals surface area contributed by atoms with Gasteiger partial charge in [-0.2, -0.15) is 0 Å². The molecule has 10 heteroatoms. The van der Waals surface area contributed by atoms with Gasteiger partial charge in [0.15, 0.2) is 0 Å². The molecular formula is C39H47N3O7. The molecule has 1 aromatic carbocycles. The van der Waals surface area contributed by atoms with Crippen LogP contribution in [0, 0.1) is 40.9 Å². The minimum atomic E-state index is -1.29. The zero-order valence-electron chi connectivity index (χ0n) is 28.7. The molecule has 260 valence electrons. The molecule has 49 heavy (non-hydrogen) atoms. The van der Waals surface area contributed by atoms with Crippen LogP contribution in [0.4, 0.5) is 5.69 Å². The number of ether oxygens (including phenoxy) is 3. The second-order valence-electron chi connectivity index (χ2n) is 16.0. The van der Waals surface area contributed by atoms with Crippen LogP contribution in [0.1, 0.15) is 61.9 Å². The molecule has 2 unspecified atom stereocenters. The number of carbonyl (C=O) groups is 2. The molecule has 3 N–H and O–H groups in total. The number of hydrogen-bond acceptors (Lipinski definition) is 9. The predicted molar refractivity (Wildman–Crippen MR) is 180 cm³/mol. The lowest BCUT2D eigenvalue weighted by Gasteiger charge is -2.71. The Kier molecular flexibility index (Phi) is 6.93. The highest BCUT2D eigenvalue weighted by Crippen LogP contribution is 2.84. The van der Waals surface area contributed by atoms with Crippen molar-refractivity contribution < 1.29 is 34.0 Å². The first-order valence-electron chi connectivity index (χ1n) is 18.1. The fourth-order valence-corrected chi connectivity index (χ4v) is 13.1. The van der Waals surface area contributed by atoms with E-state index in [9.17, 15) is 19.8 Å². The summed E-state index contributed by atoms with van der Waals surface area (Å²) in [6.45, 7) is 5.17. The van der Waals surface area contributed by atoms with Crippen LogP contribution in [0.5, 0.6) is 0 Å². The van der Waals surface area contributed by atoms with Gasteiger partial charge in [0.1, 0.15) is 16.8 Å². The number of nitrogens with one attached hydrogen (secondary N) is 1. The highest BCUT2D eigenvalue weighted by Gasteiger charge is 2.92. The maximum absolute atomic E-state index is 14.4. The minimum absolute atomic E-state index is 0.00291. The Hall–Kier alpha value is -3.15. The Morgan fingerprint density at radius 2 is 1.86 bits per heavy atom. The molecule has 1 spiro atoms. The average molecular weight is 670 g/mol. The molecule has 6 saturated carbocycles. The third kappa shape index (κ3) is 3.87. The number of likely N-dealkylation sites (tertiary alicyclic amines) is 1. The van der Waals surface area contributed by atoms with Crippen LogP contribution in [-0.4, -0.2) is 94.3 Å². The van der Waals surface area contributed by atoms with E-state index in [1.807, 2.05) is 12.1 Å². The first kappa shape index (κ1) is 31.8. The minimum Gasteiger partial charge on any atom is -0.454 e. The Morgan fingerprint density at radius 1 is 1.08 bits per heavy atom. The molecule has 6 aliphatic carbocycles. The molecule has 2 heterocycles. The van der Waals surface area contributed by atoms with Crippen LogP contribution in [0.15, 0.2) is 54.4 Å². The quantitative estimate of drug-likeness (QED) is 0.283. The number of hydrogen-bond donors (Lipinski definition) is 3. The van der Waals surface area contributed by atoms with E-state index in [1.165, 1.54) is 0 Å². The van der Waals surface area contributed by atoms with Crippen molar-refractivity contribution in [1.29, 1.82) is 0 Å². The van der Waals surface area contributed by atoms with E-state index in [1.54, 1.807) is 63.9 Å². The number of likely N-dealkylation sites (N-methyl/N-ethyl adjacent to an activating group) is 1. The lowest BCUT2D eigenvalue weighted by atomic mass is 9.42. The largest absolute Gasteiger partial charge is 0.454 e. The van der Waals surface area contributed by atoms with Gasteiger partial charge < -0.3 is 29.7 Å². The number of para-hydroxylation sites is 1. The van der Waals surface area contributed by atoms with Gasteiger partial charge in [0, 0.05) is 74.4 Å². The first-order valence-corrected chi connectivity index (χ1v) is 18.1. The monoisotopic (exact) mass is 669 g/mol. The van der Waals surface area contributed by atoms with E-state index in [2.05, 4.69) is 22.1 Å². The van der Waals surface area contributed by atoms with Crippen molar-refractivity contribution >= 4 is 23.6 Å². The second kappa shape index (κ2) is 10.7. The van der Waals surface area contributed by atoms with Crippen molar-refractivity contribution in [3.05, 3.63) is 65.5 Å². The van der Waals surface area contributed by atoms with Gasteiger partial charge in [-0.25, -0.2) is 4.79 Å². The van der Waals surface area contributed by atoms with E-state index in [0.29, 0.717) is 55.0 Å². The molecule has 1 saturated heterocycles. The number of methoxy groups -OCH3 is 2. The zero-order valence-corrected chi connectivity index (χ0v) is 28.7. The number of piperidine rings is 1. The number of aromatic nitrogens is 1. The maximum Gasteiger partial charge on any atom is 0.340 e. The standard InChI is InChI=1S/C39H47N3O7/c1-5-42-20-36(49-35(44)23-8-6-7-9-26(23)41-34(43)21(2)16-22-11-14-40-15-12-22)13-10-30(48-4)38-28(36)18-25(33(38)42)37(45)19-27(47-3)31-24-17-29(38)39(37,46)32(24)31/h6-9,11-12,14-16,24-25,27-33,45-46H,5,10,13,17-20H2,1-4H3,(H,41,43)/b21-16+/t24-,25-,27+,28-,29+,30+,31?,32-,33?,36-,37+,38+,39+/m1/s1. The average Bonchev–Trinajstić information content (AvgIpc) is 3.65. The molecule has 1 aromatic heterocycles. The molecule has 0 radical (unpaired) electrons. The normalized spacial score (nSPS) is 45.4. The van der Waals surface area contributed by atoms with Crippen molar-refractivity contribution in [2.24, 2.45) is 40.9 Å². The topological polar surface area (TPSA) is 130 Å². The number of pyridine rings is 1. The van der Waals surface area contributed by atoms with Crippen LogP contribution in [0.25, 0.3) is 6.08 Å². The highest BCUT2D eigenvalue weighted by molar-refractivity contribution is 6.09. The molecule has 7 aliphatic rings. The fourth-order valence-electron chi connectivity index (χ4n) is 13.1. The van der Waals surface area contributed by atoms with Crippen LogP contribution in [-0.2, 0) is 19.0 Å². The van der Waals surface area contributed by atoms with E-state index in [0.717, 1.165) is 18.5 Å². The Morgan fingerprint density at radius 3 is 2.59 bits per heavy atom. The van der Waals surface area contributed by atoms with Gasteiger partial charge in [0.05, 0.1) is 23.5 Å². The van der Waals surface area contributed by atoms with Gasteiger partial charge in [0.2, 0.25) is 0 Å². The number of amides is 1. The van der Waals surface area contributed by atoms with E-state index in [-0.39, 0.29) is 53.7 Å². The molecule has 7 fully saturated rings. The first-order chi connectivity index (χ1) is 23.6. The number of anilines is 1. The summed E-state index contributed by atoms with van der Waals surface area (Å²) in [5.74, 6) is -0.611. The number of carbonyl (C=O) groups excluding carboxylic acids is 2. The molecule has 9 rings (SSSR count). The van der Waals surface area contributed by atoms with Crippen molar-refractivity contribution in [2.45, 2.75) is 81.0 Å². The summed E-state index contributed by atoms with van der Waals surface area (Å²) >= 11 is 0. The second-order valence-corrected chi connectivity index (χ2v) is 16.0. The summed E-state index contributed by atoms with van der Waals surface area (Å²) in [4.78, 5) is 34.2. The lowest BCUT2D eigenvalue weighted by molar-refractivity contribution is -0.333. The summed E-state index contributed by atoms with van der Waals surface area (Å²) < 4.78 is 19.2. The molecular weight excluding hydrogens is 622 g/mol. The molecule has 1 amide bonds. The van der Waals surface area contributed by atoms with Gasteiger partial charge in [-0.15, -0.1) is 0 Å². The number of rotatable bonds is 8. The summed E-state index contributed by atoms with van der Waals surface area (Å²) in [5.41, 5.74) is -1.76. The maximum atomic E-state index is 14.4. The van der Waals surface area contributed by atoms with Crippen LogP contribution >= 0.6 is 0 Å². The third-order valence-electron chi connectivity index (χ3n) is 14.6. The zero-order chi connectivity index (χ0) is 34.1. The van der Waals surface area contributed by atoms with Crippen LogP contribution < -0.4 is 5.32 Å². The Labute approximate surface area is 287 Å². The smallest absolute Gasteiger partial charge is 0.340 e. The van der Waals surface area contributed by atoms with Crippen molar-refractivity contribution in [2.75, 3.05) is 32.6 Å². The summed E-state index contributed by atoms with van der Waals surface area (Å²) in [6.07, 6.45) is 8.20. The number of esters is 1. The molecule has 10 nitrogen and oxygen atoms in total. The van der Waals surface area contributed by atoms with Gasteiger partial charge in [-0.05, 0) is 92.8 Å². The molecule has 2 aromatic rings. The number of nitrogens with zero attached hydrogens (tertiary/aromatic N) is 2. The number of aliphatic hydroxyl groups is 2. The van der Waals surface area contributed by atoms with Gasteiger partial charge in [0.25, 0.3) is 5.91 Å². The van der Waals surface area contributed by atoms with E-state index >= 15 is 0 Å². The summed E-state index contributed by atoms with van der Waals surface area (Å²) in [5, 5.41) is 28.8. The van der Waals surface area contributed by atoms with Crippen molar-refractivity contribution in [3.63, 3.8) is 0 Å². The highest BCUT2D eigenvalue weighted by atomic mass is 16.6. The Balaban J connectivity index is 1.08. The molecule has 5 bridgehead atoms. The van der Waals surface area contributed by atoms with Crippen LogP contribution in [0.2, 0.25) is 0 Å². The predicted octanol–water partition coefficient (Wildman–Crippen LogP) is 3.93. The molecule has 1 aliphatic heterocycles. The fraction of sp³-hybridized carbons (Fsp3) is 0.615.